The number of nitrogens with zero attached hydrogens (tertiary/aromatic N) is 3. The second kappa shape index (κ2) is 11.1. The topological polar surface area (TPSA) is 99.5 Å². The van der Waals surface area contributed by atoms with Gasteiger partial charge in [0.25, 0.3) is 5.91 Å². The molecule has 0 amide bonds. The monoisotopic (exact) mass is 473 g/mol. The van der Waals surface area contributed by atoms with Crippen molar-refractivity contribution in [1.82, 2.24) is 14.8 Å². The Kier molecular flexibility index (Phi) is 7.47. The molecule has 35 heavy (non-hydrogen) atoms. The van der Waals surface area contributed by atoms with Gasteiger partial charge < -0.3 is 24.8 Å². The zero-order valence-electron chi connectivity index (χ0n) is 19.8. The van der Waals surface area contributed by atoms with E-state index in [1.54, 1.807) is 45.6 Å². The summed E-state index contributed by atoms with van der Waals surface area (Å²) in [5.41, 5.74) is 2.39. The van der Waals surface area contributed by atoms with E-state index in [1.165, 1.54) is 4.68 Å². The highest BCUT2D eigenvalue weighted by Gasteiger charge is 2.18. The predicted molar refractivity (Wildman–Crippen MR) is 133 cm³/mol. The number of aromatic nitrogens is 3. The molecule has 9 heteroatoms. The molecular weight excluding hydrogens is 446 g/mol. The number of anilines is 2. The Balaban J connectivity index is 1.58. The van der Waals surface area contributed by atoms with Crippen molar-refractivity contribution in [3.63, 3.8) is 0 Å². The van der Waals surface area contributed by atoms with Gasteiger partial charge in [0, 0.05) is 18.7 Å². The highest BCUT2D eigenvalue weighted by Crippen LogP contribution is 2.19. The molecule has 4 rings (SSSR count). The standard InChI is InChI=1S/C26H27N5O4/c1-33-21-10-4-7-18(13-21)16-27-25-29-26(28-17-19-8-5-11-22(14-19)34-2)31(30-25)24(32)20-9-6-12-23(15-20)35-3/h4-15H,16-17H2,1-3H3,(H2,27,28,29,30). The molecule has 0 radical (unpaired) electrons. The fourth-order valence-electron chi connectivity index (χ4n) is 3.45. The van der Waals surface area contributed by atoms with Crippen LogP contribution in [0.4, 0.5) is 11.9 Å². The van der Waals surface area contributed by atoms with Crippen LogP contribution in [0.5, 0.6) is 17.2 Å². The molecular formula is C26H27N5O4. The number of hydrogen-bond donors (Lipinski definition) is 2. The lowest BCUT2D eigenvalue weighted by Crippen LogP contribution is -2.17. The first-order valence-corrected chi connectivity index (χ1v) is 11.0. The van der Waals surface area contributed by atoms with E-state index in [1.807, 2.05) is 48.5 Å². The van der Waals surface area contributed by atoms with Gasteiger partial charge in [-0.3, -0.25) is 4.79 Å². The summed E-state index contributed by atoms with van der Waals surface area (Å²) in [6.45, 7) is 0.889. The molecule has 0 saturated carbocycles. The smallest absolute Gasteiger partial charge is 0.281 e. The molecule has 0 fully saturated rings. The van der Waals surface area contributed by atoms with E-state index in [4.69, 9.17) is 14.2 Å². The van der Waals surface area contributed by atoms with Gasteiger partial charge >= 0.3 is 0 Å². The summed E-state index contributed by atoms with van der Waals surface area (Å²) < 4.78 is 17.1. The van der Waals surface area contributed by atoms with Crippen molar-refractivity contribution >= 4 is 17.8 Å². The Labute approximate surface area is 203 Å². The highest BCUT2D eigenvalue weighted by atomic mass is 16.5. The number of carbonyl (C=O) groups excluding carboxylic acids is 1. The number of benzene rings is 3. The van der Waals surface area contributed by atoms with Gasteiger partial charge in [0.2, 0.25) is 11.9 Å². The van der Waals surface area contributed by atoms with Crippen molar-refractivity contribution in [2.45, 2.75) is 13.1 Å². The van der Waals surface area contributed by atoms with Crippen LogP contribution < -0.4 is 24.8 Å². The fraction of sp³-hybridized carbons (Fsp3) is 0.192. The molecule has 2 N–H and O–H groups in total. The number of rotatable bonds is 10. The SMILES string of the molecule is COc1cccc(CNc2nc(NCc3cccc(OC)c3)n(C(=O)c3cccc(OC)c3)n2)c1. The van der Waals surface area contributed by atoms with E-state index >= 15 is 0 Å². The molecule has 0 bridgehead atoms. The van der Waals surface area contributed by atoms with Crippen LogP contribution in [0.1, 0.15) is 21.5 Å². The van der Waals surface area contributed by atoms with Gasteiger partial charge in [0.1, 0.15) is 17.2 Å². The zero-order valence-corrected chi connectivity index (χ0v) is 19.8. The van der Waals surface area contributed by atoms with Gasteiger partial charge in [0.15, 0.2) is 0 Å². The average Bonchev–Trinajstić information content (AvgIpc) is 3.33. The van der Waals surface area contributed by atoms with E-state index in [2.05, 4.69) is 20.7 Å². The van der Waals surface area contributed by atoms with Crippen LogP contribution in [0, 0.1) is 0 Å². The third-order valence-corrected chi connectivity index (χ3v) is 5.29. The van der Waals surface area contributed by atoms with Gasteiger partial charge in [-0.25, -0.2) is 0 Å². The summed E-state index contributed by atoms with van der Waals surface area (Å²) in [6, 6.07) is 22.3. The van der Waals surface area contributed by atoms with Crippen molar-refractivity contribution in [3.05, 3.63) is 89.5 Å². The molecule has 0 saturated heterocycles. The zero-order chi connectivity index (χ0) is 24.6. The summed E-state index contributed by atoms with van der Waals surface area (Å²) in [7, 11) is 4.80. The molecule has 1 aromatic heterocycles. The lowest BCUT2D eigenvalue weighted by molar-refractivity contribution is 0.0947. The van der Waals surface area contributed by atoms with E-state index in [-0.39, 0.29) is 5.91 Å². The van der Waals surface area contributed by atoms with Crippen LogP contribution in [0.25, 0.3) is 0 Å². The summed E-state index contributed by atoms with van der Waals surface area (Å²) in [5, 5.41) is 10.8. The maximum atomic E-state index is 13.3. The fourth-order valence-corrected chi connectivity index (χ4v) is 3.45. The van der Waals surface area contributed by atoms with Crippen molar-refractivity contribution in [1.29, 1.82) is 0 Å². The van der Waals surface area contributed by atoms with E-state index in [9.17, 15) is 4.79 Å². The summed E-state index contributed by atoms with van der Waals surface area (Å²) in [6.07, 6.45) is 0. The molecule has 0 aliphatic rings. The van der Waals surface area contributed by atoms with Crippen LogP contribution >= 0.6 is 0 Å². The van der Waals surface area contributed by atoms with Crippen molar-refractivity contribution in [3.8, 4) is 17.2 Å². The minimum absolute atomic E-state index is 0.314. The molecule has 0 spiro atoms. The van der Waals surface area contributed by atoms with Crippen molar-refractivity contribution in [2.24, 2.45) is 0 Å². The Hall–Kier alpha value is -4.53. The van der Waals surface area contributed by atoms with E-state index < -0.39 is 0 Å². The van der Waals surface area contributed by atoms with Crippen molar-refractivity contribution < 1.29 is 19.0 Å². The van der Waals surface area contributed by atoms with E-state index in [0.717, 1.165) is 22.6 Å². The molecule has 4 aromatic rings. The molecule has 1 heterocycles. The Morgan fingerprint density at radius 3 is 1.91 bits per heavy atom. The minimum atomic E-state index is -0.334. The maximum absolute atomic E-state index is 13.3. The third-order valence-electron chi connectivity index (χ3n) is 5.29. The number of carbonyl (C=O) groups is 1. The van der Waals surface area contributed by atoms with Crippen LogP contribution in [0.2, 0.25) is 0 Å². The molecule has 180 valence electrons. The summed E-state index contributed by atoms with van der Waals surface area (Å²) in [4.78, 5) is 17.8. The van der Waals surface area contributed by atoms with Crippen molar-refractivity contribution in [2.75, 3.05) is 32.0 Å². The largest absolute Gasteiger partial charge is 0.497 e. The van der Waals surface area contributed by atoms with Gasteiger partial charge in [-0.2, -0.15) is 9.67 Å². The maximum Gasteiger partial charge on any atom is 0.281 e. The lowest BCUT2D eigenvalue weighted by Gasteiger charge is -2.09. The molecule has 3 aromatic carbocycles. The Bertz CT molecular complexity index is 1300. The second-order valence-electron chi connectivity index (χ2n) is 7.62. The lowest BCUT2D eigenvalue weighted by atomic mass is 10.2. The quantitative estimate of drug-likeness (QED) is 0.353. The van der Waals surface area contributed by atoms with Gasteiger partial charge in [-0.05, 0) is 53.6 Å². The minimum Gasteiger partial charge on any atom is -0.497 e. The van der Waals surface area contributed by atoms with Crippen LogP contribution in [-0.4, -0.2) is 42.0 Å². The first-order chi connectivity index (χ1) is 17.1. The number of nitrogens with one attached hydrogen (secondary N) is 2. The van der Waals surface area contributed by atoms with Gasteiger partial charge in [-0.15, -0.1) is 5.10 Å². The number of methoxy groups -OCH3 is 3. The predicted octanol–water partition coefficient (Wildman–Crippen LogP) is 4.22. The molecule has 0 aliphatic heterocycles. The van der Waals surface area contributed by atoms with Gasteiger partial charge in [0.05, 0.1) is 21.3 Å². The van der Waals surface area contributed by atoms with Crippen LogP contribution in [0.3, 0.4) is 0 Å². The Morgan fingerprint density at radius 2 is 1.31 bits per heavy atom. The number of hydrogen-bond acceptors (Lipinski definition) is 8. The highest BCUT2D eigenvalue weighted by molar-refractivity contribution is 5.97. The molecule has 0 unspecified atom stereocenters. The van der Waals surface area contributed by atoms with Crippen LogP contribution in [0.15, 0.2) is 72.8 Å². The summed E-state index contributed by atoms with van der Waals surface area (Å²) in [5.74, 6) is 2.39. The normalized spacial score (nSPS) is 10.5. The van der Waals surface area contributed by atoms with Crippen LogP contribution in [-0.2, 0) is 13.1 Å². The molecule has 0 atom stereocenters. The first kappa shape index (κ1) is 23.6. The third kappa shape index (κ3) is 5.89. The molecule has 9 nitrogen and oxygen atoms in total. The Morgan fingerprint density at radius 1 is 0.771 bits per heavy atom. The second-order valence-corrected chi connectivity index (χ2v) is 7.62. The van der Waals surface area contributed by atoms with E-state index in [0.29, 0.717) is 36.3 Å². The first-order valence-electron chi connectivity index (χ1n) is 11.0. The number of ether oxygens (including phenoxy) is 3. The molecule has 0 aliphatic carbocycles. The average molecular weight is 474 g/mol. The van der Waals surface area contributed by atoms with Gasteiger partial charge in [-0.1, -0.05) is 30.3 Å². The summed E-state index contributed by atoms with van der Waals surface area (Å²) >= 11 is 0.